The van der Waals surface area contributed by atoms with Gasteiger partial charge in [-0.25, -0.2) is 4.39 Å². The van der Waals surface area contributed by atoms with E-state index < -0.39 is 6.04 Å². The summed E-state index contributed by atoms with van der Waals surface area (Å²) in [6.07, 6.45) is 3.06. The summed E-state index contributed by atoms with van der Waals surface area (Å²) in [5.74, 6) is -0.783. The van der Waals surface area contributed by atoms with Gasteiger partial charge in [0.25, 0.3) is 0 Å². The van der Waals surface area contributed by atoms with Crippen molar-refractivity contribution in [1.29, 1.82) is 0 Å². The van der Waals surface area contributed by atoms with E-state index in [0.29, 0.717) is 11.6 Å². The fraction of sp³-hybridized carbons (Fsp3) is 0.286. The molecule has 34 heavy (non-hydrogen) atoms. The molecule has 0 saturated carbocycles. The summed E-state index contributed by atoms with van der Waals surface area (Å²) in [4.78, 5) is 28.6. The molecule has 0 aliphatic rings. The Bertz CT molecular complexity index is 1060. The van der Waals surface area contributed by atoms with Crippen molar-refractivity contribution in [1.82, 2.24) is 10.2 Å². The summed E-state index contributed by atoms with van der Waals surface area (Å²) in [5, 5.41) is 3.60. The minimum absolute atomic E-state index is 0.116. The SMILES string of the molecule is CCCCCNC(=O)[C@H](c1ccccc1)N(Cc1ccc(F)cc1)C(=O)Cc1ccc(Cl)cc1. The third kappa shape index (κ3) is 7.42. The van der Waals surface area contributed by atoms with E-state index in [1.807, 2.05) is 30.3 Å². The van der Waals surface area contributed by atoms with E-state index in [4.69, 9.17) is 11.6 Å². The molecule has 0 bridgehead atoms. The molecule has 0 spiro atoms. The van der Waals surface area contributed by atoms with Crippen LogP contribution in [0.3, 0.4) is 0 Å². The Balaban J connectivity index is 1.93. The first-order valence-electron chi connectivity index (χ1n) is 11.6. The summed E-state index contributed by atoms with van der Waals surface area (Å²) in [7, 11) is 0. The van der Waals surface area contributed by atoms with Gasteiger partial charge in [0, 0.05) is 18.1 Å². The summed E-state index contributed by atoms with van der Waals surface area (Å²) in [5.41, 5.74) is 2.27. The minimum atomic E-state index is -0.812. The zero-order valence-electron chi connectivity index (χ0n) is 19.3. The van der Waals surface area contributed by atoms with E-state index >= 15 is 0 Å². The fourth-order valence-corrected chi connectivity index (χ4v) is 3.91. The van der Waals surface area contributed by atoms with Crippen LogP contribution in [-0.4, -0.2) is 23.3 Å². The lowest BCUT2D eigenvalue weighted by molar-refractivity contribution is -0.141. The summed E-state index contributed by atoms with van der Waals surface area (Å²) >= 11 is 5.99. The molecule has 4 nitrogen and oxygen atoms in total. The highest BCUT2D eigenvalue weighted by atomic mass is 35.5. The highest BCUT2D eigenvalue weighted by Crippen LogP contribution is 2.25. The molecule has 0 radical (unpaired) electrons. The van der Waals surface area contributed by atoms with Crippen molar-refractivity contribution >= 4 is 23.4 Å². The first-order valence-corrected chi connectivity index (χ1v) is 12.0. The van der Waals surface area contributed by atoms with Gasteiger partial charge in [0.15, 0.2) is 0 Å². The molecule has 2 amide bonds. The van der Waals surface area contributed by atoms with Crippen LogP contribution in [0.1, 0.15) is 48.9 Å². The number of carbonyl (C=O) groups excluding carboxylic acids is 2. The summed E-state index contributed by atoms with van der Waals surface area (Å²) < 4.78 is 13.5. The van der Waals surface area contributed by atoms with E-state index in [2.05, 4.69) is 12.2 Å². The van der Waals surface area contributed by atoms with Crippen molar-refractivity contribution in [2.45, 2.75) is 45.2 Å². The second kappa shape index (κ2) is 12.9. The van der Waals surface area contributed by atoms with Crippen molar-refractivity contribution in [3.8, 4) is 0 Å². The predicted molar refractivity (Wildman–Crippen MR) is 134 cm³/mol. The zero-order valence-corrected chi connectivity index (χ0v) is 20.1. The van der Waals surface area contributed by atoms with Crippen LogP contribution >= 0.6 is 11.6 Å². The zero-order chi connectivity index (χ0) is 24.3. The molecule has 3 aromatic rings. The van der Waals surface area contributed by atoms with Crippen LogP contribution in [0.15, 0.2) is 78.9 Å². The maximum Gasteiger partial charge on any atom is 0.247 e. The second-order valence-corrected chi connectivity index (χ2v) is 8.70. The minimum Gasteiger partial charge on any atom is -0.354 e. The van der Waals surface area contributed by atoms with Gasteiger partial charge in [-0.3, -0.25) is 9.59 Å². The van der Waals surface area contributed by atoms with Gasteiger partial charge in [0.2, 0.25) is 11.8 Å². The largest absolute Gasteiger partial charge is 0.354 e. The second-order valence-electron chi connectivity index (χ2n) is 8.26. The molecule has 0 saturated heterocycles. The third-order valence-electron chi connectivity index (χ3n) is 5.61. The number of hydrogen-bond donors (Lipinski definition) is 1. The maximum absolute atomic E-state index is 13.6. The number of unbranched alkanes of at least 4 members (excludes halogenated alkanes) is 2. The van der Waals surface area contributed by atoms with E-state index in [-0.39, 0.29) is 30.6 Å². The van der Waals surface area contributed by atoms with Crippen LogP contribution in [0.4, 0.5) is 4.39 Å². The van der Waals surface area contributed by atoms with Crippen molar-refractivity contribution in [3.05, 3.63) is 106 Å². The van der Waals surface area contributed by atoms with Crippen molar-refractivity contribution in [2.24, 2.45) is 0 Å². The molecule has 0 unspecified atom stereocenters. The summed E-state index contributed by atoms with van der Waals surface area (Å²) in [6, 6.07) is 21.6. The van der Waals surface area contributed by atoms with E-state index in [0.717, 1.165) is 36.0 Å². The summed E-state index contributed by atoms with van der Waals surface area (Å²) in [6.45, 7) is 2.83. The van der Waals surface area contributed by atoms with Gasteiger partial charge < -0.3 is 10.2 Å². The van der Waals surface area contributed by atoms with Crippen LogP contribution in [0.5, 0.6) is 0 Å². The molecule has 3 aromatic carbocycles. The smallest absolute Gasteiger partial charge is 0.247 e. The van der Waals surface area contributed by atoms with Gasteiger partial charge in [0.1, 0.15) is 11.9 Å². The number of rotatable bonds is 11. The molecule has 3 rings (SSSR count). The molecule has 0 aliphatic carbocycles. The van der Waals surface area contributed by atoms with Crippen molar-refractivity contribution < 1.29 is 14.0 Å². The van der Waals surface area contributed by atoms with Crippen molar-refractivity contribution in [2.75, 3.05) is 6.54 Å². The number of nitrogens with one attached hydrogen (secondary N) is 1. The quantitative estimate of drug-likeness (QED) is 0.337. The number of carbonyl (C=O) groups is 2. The number of nitrogens with zero attached hydrogens (tertiary/aromatic N) is 1. The molecular weight excluding hydrogens is 451 g/mol. The molecular formula is C28H30ClFN2O2. The average Bonchev–Trinajstić information content (AvgIpc) is 2.85. The van der Waals surface area contributed by atoms with Crippen LogP contribution in [0.25, 0.3) is 0 Å². The molecule has 0 aliphatic heterocycles. The highest BCUT2D eigenvalue weighted by Gasteiger charge is 2.31. The lowest BCUT2D eigenvalue weighted by Gasteiger charge is -2.32. The van der Waals surface area contributed by atoms with Crippen LogP contribution in [0, 0.1) is 5.82 Å². The monoisotopic (exact) mass is 480 g/mol. The lowest BCUT2D eigenvalue weighted by atomic mass is 10.0. The molecule has 0 fully saturated rings. The Kier molecular flexibility index (Phi) is 9.65. The average molecular weight is 481 g/mol. The van der Waals surface area contributed by atoms with Gasteiger partial charge in [-0.1, -0.05) is 86.0 Å². The molecule has 1 N–H and O–H groups in total. The third-order valence-corrected chi connectivity index (χ3v) is 5.86. The normalized spacial score (nSPS) is 11.6. The Morgan fingerprint density at radius 2 is 1.56 bits per heavy atom. The van der Waals surface area contributed by atoms with Crippen LogP contribution < -0.4 is 5.32 Å². The van der Waals surface area contributed by atoms with Crippen LogP contribution in [0.2, 0.25) is 5.02 Å². The molecule has 0 heterocycles. The van der Waals surface area contributed by atoms with E-state index in [1.54, 1.807) is 41.3 Å². The Hall–Kier alpha value is -3.18. The Labute approximate surface area is 205 Å². The number of amides is 2. The van der Waals surface area contributed by atoms with E-state index in [9.17, 15) is 14.0 Å². The number of halogens is 2. The van der Waals surface area contributed by atoms with Gasteiger partial charge in [-0.15, -0.1) is 0 Å². The predicted octanol–water partition coefficient (Wildman–Crippen LogP) is 6.10. The molecule has 1 atom stereocenters. The standard InChI is InChI=1S/C28H30ClFN2O2/c1-2-3-7-18-31-28(34)27(23-8-5-4-6-9-23)32(20-22-12-16-25(30)17-13-22)26(33)19-21-10-14-24(29)15-11-21/h4-6,8-17,27H,2-3,7,18-20H2,1H3,(H,31,34)/t27-/m0/s1. The fourth-order valence-electron chi connectivity index (χ4n) is 3.78. The Morgan fingerprint density at radius 3 is 2.21 bits per heavy atom. The first-order chi connectivity index (χ1) is 16.5. The highest BCUT2D eigenvalue weighted by molar-refractivity contribution is 6.30. The van der Waals surface area contributed by atoms with Crippen LogP contribution in [-0.2, 0) is 22.6 Å². The molecule has 178 valence electrons. The van der Waals surface area contributed by atoms with Gasteiger partial charge in [0.05, 0.1) is 6.42 Å². The van der Waals surface area contributed by atoms with Gasteiger partial charge in [-0.2, -0.15) is 0 Å². The van der Waals surface area contributed by atoms with Gasteiger partial charge >= 0.3 is 0 Å². The number of hydrogen-bond acceptors (Lipinski definition) is 2. The molecule has 6 heteroatoms. The Morgan fingerprint density at radius 1 is 0.912 bits per heavy atom. The van der Waals surface area contributed by atoms with E-state index in [1.165, 1.54) is 12.1 Å². The topological polar surface area (TPSA) is 49.4 Å². The lowest BCUT2D eigenvalue weighted by Crippen LogP contribution is -2.44. The first kappa shape index (κ1) is 25.4. The van der Waals surface area contributed by atoms with Gasteiger partial charge in [-0.05, 0) is 47.4 Å². The maximum atomic E-state index is 13.6. The molecule has 0 aromatic heterocycles. The van der Waals surface area contributed by atoms with Crippen molar-refractivity contribution in [3.63, 3.8) is 0 Å². The number of benzene rings is 3.